The number of benzene rings is 1. The van der Waals surface area contributed by atoms with Crippen molar-refractivity contribution in [2.45, 2.75) is 43.2 Å². The van der Waals surface area contributed by atoms with Gasteiger partial charge in [-0.1, -0.05) is 6.42 Å². The summed E-state index contributed by atoms with van der Waals surface area (Å²) in [6.07, 6.45) is 5.10. The second-order valence-corrected chi connectivity index (χ2v) is 6.32. The highest BCUT2D eigenvalue weighted by atomic mass is 16.5. The smallest absolute Gasteiger partial charge is 0.222 e. The van der Waals surface area contributed by atoms with E-state index in [1.165, 1.54) is 24.1 Å². The second-order valence-electron chi connectivity index (χ2n) is 6.32. The van der Waals surface area contributed by atoms with Gasteiger partial charge in [-0.25, -0.2) is 0 Å². The molecule has 2 fully saturated rings. The molecule has 1 N–H and O–H groups in total. The summed E-state index contributed by atoms with van der Waals surface area (Å²) in [6, 6.07) is 6.28. The third-order valence-electron chi connectivity index (χ3n) is 5.65. The molecule has 3 aliphatic rings. The van der Waals surface area contributed by atoms with Gasteiger partial charge in [-0.3, -0.25) is 4.79 Å². The summed E-state index contributed by atoms with van der Waals surface area (Å²) in [5.41, 5.74) is 2.25. The van der Waals surface area contributed by atoms with Crippen molar-refractivity contribution in [3.05, 3.63) is 23.8 Å². The van der Waals surface area contributed by atoms with Gasteiger partial charge in [0.1, 0.15) is 11.4 Å². The molecular weight excluding hydrogens is 252 g/mol. The van der Waals surface area contributed by atoms with Crippen molar-refractivity contribution >= 4 is 11.6 Å². The molecule has 0 bridgehead atoms. The number of hydrogen-bond acceptors (Lipinski definition) is 3. The maximum Gasteiger partial charge on any atom is 0.222 e. The lowest BCUT2D eigenvalue weighted by Gasteiger charge is -2.47. The van der Waals surface area contributed by atoms with Crippen molar-refractivity contribution in [1.29, 1.82) is 0 Å². The minimum Gasteiger partial charge on any atom is -0.497 e. The summed E-state index contributed by atoms with van der Waals surface area (Å²) < 4.78 is 5.40. The quantitative estimate of drug-likeness (QED) is 0.852. The topological polar surface area (TPSA) is 41.6 Å². The minimum absolute atomic E-state index is 0.0685. The number of carbonyl (C=O) groups is 1. The van der Waals surface area contributed by atoms with Gasteiger partial charge < -0.3 is 15.0 Å². The van der Waals surface area contributed by atoms with E-state index in [1.54, 1.807) is 7.11 Å². The van der Waals surface area contributed by atoms with Crippen LogP contribution in [-0.4, -0.2) is 25.7 Å². The van der Waals surface area contributed by atoms with E-state index in [1.807, 2.05) is 6.07 Å². The fourth-order valence-corrected chi connectivity index (χ4v) is 4.77. The SMILES string of the molecule is COc1ccc2c(c1)C13CCCCC1(NC(=O)C3)N2C. The number of anilines is 1. The van der Waals surface area contributed by atoms with Crippen molar-refractivity contribution in [2.24, 2.45) is 0 Å². The number of carbonyl (C=O) groups excluding carboxylic acids is 1. The van der Waals surface area contributed by atoms with Gasteiger partial charge in [-0.15, -0.1) is 0 Å². The Kier molecular flexibility index (Phi) is 2.22. The molecule has 4 nitrogen and oxygen atoms in total. The Labute approximate surface area is 119 Å². The van der Waals surface area contributed by atoms with Crippen LogP contribution < -0.4 is 15.0 Å². The molecule has 1 saturated heterocycles. The van der Waals surface area contributed by atoms with Crippen LogP contribution in [-0.2, 0) is 10.2 Å². The van der Waals surface area contributed by atoms with E-state index in [9.17, 15) is 4.79 Å². The monoisotopic (exact) mass is 272 g/mol. The summed E-state index contributed by atoms with van der Waals surface area (Å²) in [5.74, 6) is 1.07. The summed E-state index contributed by atoms with van der Waals surface area (Å²) in [6.45, 7) is 0. The predicted molar refractivity (Wildman–Crippen MR) is 77.0 cm³/mol. The van der Waals surface area contributed by atoms with Gasteiger partial charge >= 0.3 is 0 Å². The molecule has 2 atom stereocenters. The first kappa shape index (κ1) is 12.1. The van der Waals surface area contributed by atoms with Crippen molar-refractivity contribution in [2.75, 3.05) is 19.1 Å². The van der Waals surface area contributed by atoms with Gasteiger partial charge in [0.05, 0.1) is 7.11 Å². The summed E-state index contributed by atoms with van der Waals surface area (Å²) in [4.78, 5) is 14.5. The molecule has 0 aromatic heterocycles. The zero-order chi connectivity index (χ0) is 14.0. The lowest BCUT2D eigenvalue weighted by Crippen LogP contribution is -2.62. The minimum atomic E-state index is -0.211. The van der Waals surface area contributed by atoms with Crippen LogP contribution in [0.15, 0.2) is 18.2 Å². The maximum absolute atomic E-state index is 12.2. The molecule has 20 heavy (non-hydrogen) atoms. The number of ether oxygens (including phenoxy) is 1. The number of likely N-dealkylation sites (N-methyl/N-ethyl adjacent to an activating group) is 1. The summed E-state index contributed by atoms with van der Waals surface area (Å²) in [7, 11) is 3.81. The van der Waals surface area contributed by atoms with E-state index >= 15 is 0 Å². The number of rotatable bonds is 1. The second kappa shape index (κ2) is 3.68. The number of nitrogens with zero attached hydrogens (tertiary/aromatic N) is 1. The average Bonchev–Trinajstić information content (AvgIpc) is 2.88. The van der Waals surface area contributed by atoms with Gasteiger partial charge in [0, 0.05) is 24.6 Å². The molecule has 0 radical (unpaired) electrons. The zero-order valence-corrected chi connectivity index (χ0v) is 12.0. The van der Waals surface area contributed by atoms with Crippen LogP contribution in [0.25, 0.3) is 0 Å². The highest BCUT2D eigenvalue weighted by molar-refractivity contribution is 5.88. The van der Waals surface area contributed by atoms with Crippen LogP contribution in [0.3, 0.4) is 0 Å². The predicted octanol–water partition coefficient (Wildman–Crippen LogP) is 2.17. The fraction of sp³-hybridized carbons (Fsp3) is 0.562. The van der Waals surface area contributed by atoms with Crippen LogP contribution in [0.1, 0.15) is 37.7 Å². The van der Waals surface area contributed by atoms with Gasteiger partial charge in [0.15, 0.2) is 0 Å². The average molecular weight is 272 g/mol. The number of amides is 1. The van der Waals surface area contributed by atoms with E-state index in [4.69, 9.17) is 4.74 Å². The fourth-order valence-electron chi connectivity index (χ4n) is 4.77. The van der Waals surface area contributed by atoms with Gasteiger partial charge in [-0.05, 0) is 43.0 Å². The van der Waals surface area contributed by atoms with E-state index in [2.05, 4.69) is 29.4 Å². The first-order chi connectivity index (χ1) is 9.63. The Bertz CT molecular complexity index is 600. The van der Waals surface area contributed by atoms with E-state index < -0.39 is 0 Å². The standard InChI is InChI=1S/C16H20N2O2/c1-18-13-6-5-11(20-2)9-12(13)15-7-3-4-8-16(15,18)17-14(19)10-15/h5-6,9H,3-4,7-8,10H2,1-2H3,(H,17,19). The number of hydrogen-bond donors (Lipinski definition) is 1. The number of fused-ring (bicyclic) bond motifs is 1. The Morgan fingerprint density at radius 1 is 1.30 bits per heavy atom. The normalized spacial score (nSPS) is 34.3. The van der Waals surface area contributed by atoms with Gasteiger partial charge in [0.25, 0.3) is 0 Å². The highest BCUT2D eigenvalue weighted by Crippen LogP contribution is 2.61. The zero-order valence-electron chi connectivity index (χ0n) is 12.0. The summed E-state index contributed by atoms with van der Waals surface area (Å²) >= 11 is 0. The lowest BCUT2D eigenvalue weighted by molar-refractivity contribution is -0.119. The van der Waals surface area contributed by atoms with Crippen LogP contribution in [0, 0.1) is 0 Å². The third-order valence-corrected chi connectivity index (χ3v) is 5.65. The Morgan fingerprint density at radius 2 is 2.10 bits per heavy atom. The Hall–Kier alpha value is -1.71. The molecule has 1 amide bonds. The van der Waals surface area contributed by atoms with E-state index in [0.717, 1.165) is 18.6 Å². The molecule has 2 heterocycles. The molecule has 1 aliphatic carbocycles. The molecule has 0 spiro atoms. The van der Waals surface area contributed by atoms with Crippen molar-refractivity contribution in [3.8, 4) is 5.75 Å². The van der Waals surface area contributed by atoms with Crippen molar-refractivity contribution in [3.63, 3.8) is 0 Å². The first-order valence-electron chi connectivity index (χ1n) is 7.36. The molecule has 106 valence electrons. The number of methoxy groups -OCH3 is 1. The largest absolute Gasteiger partial charge is 0.497 e. The number of nitrogens with one attached hydrogen (secondary N) is 1. The molecule has 2 unspecified atom stereocenters. The molecule has 1 aromatic carbocycles. The highest BCUT2D eigenvalue weighted by Gasteiger charge is 2.66. The third kappa shape index (κ3) is 1.16. The van der Waals surface area contributed by atoms with Gasteiger partial charge in [0.2, 0.25) is 5.91 Å². The van der Waals surface area contributed by atoms with Gasteiger partial charge in [-0.2, -0.15) is 0 Å². The van der Waals surface area contributed by atoms with E-state index in [-0.39, 0.29) is 17.0 Å². The lowest BCUT2D eigenvalue weighted by atomic mass is 9.64. The maximum atomic E-state index is 12.2. The molecule has 1 aromatic rings. The molecule has 4 heteroatoms. The molecule has 1 saturated carbocycles. The molecule has 4 rings (SSSR count). The summed E-state index contributed by atoms with van der Waals surface area (Å²) in [5, 5.41) is 3.30. The van der Waals surface area contributed by atoms with Crippen molar-refractivity contribution < 1.29 is 9.53 Å². The van der Waals surface area contributed by atoms with Crippen LogP contribution in [0.2, 0.25) is 0 Å². The van der Waals surface area contributed by atoms with Crippen LogP contribution in [0.4, 0.5) is 5.69 Å². The first-order valence-corrected chi connectivity index (χ1v) is 7.36. The van der Waals surface area contributed by atoms with Crippen LogP contribution in [0.5, 0.6) is 5.75 Å². The molecule has 2 aliphatic heterocycles. The van der Waals surface area contributed by atoms with E-state index in [0.29, 0.717) is 6.42 Å². The Balaban J connectivity index is 1.97. The van der Waals surface area contributed by atoms with Crippen LogP contribution >= 0.6 is 0 Å². The van der Waals surface area contributed by atoms with Crippen molar-refractivity contribution in [1.82, 2.24) is 5.32 Å². The molecular formula is C16H20N2O2. The Morgan fingerprint density at radius 3 is 2.90 bits per heavy atom.